The van der Waals surface area contributed by atoms with Gasteiger partial charge in [0.25, 0.3) is 0 Å². The zero-order chi connectivity index (χ0) is 18.5. The fourth-order valence-corrected chi connectivity index (χ4v) is 4.35. The van der Waals surface area contributed by atoms with Crippen LogP contribution in [0.4, 0.5) is 0 Å². The molecule has 0 aliphatic heterocycles. The monoisotopic (exact) mass is 389 g/mol. The third-order valence-corrected chi connectivity index (χ3v) is 6.67. The molecule has 2 aromatic rings. The summed E-state index contributed by atoms with van der Waals surface area (Å²) in [6.45, 7) is 6.70. The Morgan fingerprint density at radius 3 is 2.23 bits per heavy atom. The van der Waals surface area contributed by atoms with Gasteiger partial charge in [0.1, 0.15) is 0 Å². The number of rotatable bonds is 8. The van der Waals surface area contributed by atoms with Crippen molar-refractivity contribution in [2.24, 2.45) is 0 Å². The molecule has 0 amide bonds. The number of nitrogens with zero attached hydrogens (tertiary/aromatic N) is 1. The molecule has 0 saturated heterocycles. The first-order valence-corrected chi connectivity index (χ1v) is 10.6. The maximum atomic E-state index is 6.32. The third kappa shape index (κ3) is 5.03. The van der Waals surface area contributed by atoms with E-state index in [1.54, 1.807) is 0 Å². The van der Waals surface area contributed by atoms with Gasteiger partial charge in [-0.05, 0) is 56.3 Å². The van der Waals surface area contributed by atoms with Crippen molar-refractivity contribution in [2.75, 3.05) is 6.54 Å². The van der Waals surface area contributed by atoms with Gasteiger partial charge in [-0.3, -0.25) is 4.90 Å². The van der Waals surface area contributed by atoms with Gasteiger partial charge in [-0.1, -0.05) is 54.6 Å². The summed E-state index contributed by atoms with van der Waals surface area (Å²) in [4.78, 5) is 2.55. The minimum atomic E-state index is 0.0834. The molecular formula is C23H29Cl2N. The number of alkyl halides is 2. The van der Waals surface area contributed by atoms with Crippen LogP contribution >= 0.6 is 23.2 Å². The molecule has 0 aromatic heterocycles. The van der Waals surface area contributed by atoms with Gasteiger partial charge < -0.3 is 0 Å². The second kappa shape index (κ2) is 9.26. The molecule has 2 aromatic carbocycles. The van der Waals surface area contributed by atoms with E-state index >= 15 is 0 Å². The second-order valence-corrected chi connectivity index (χ2v) is 8.76. The molecule has 26 heavy (non-hydrogen) atoms. The summed E-state index contributed by atoms with van der Waals surface area (Å²) in [7, 11) is 0. The highest BCUT2D eigenvalue weighted by Gasteiger charge is 2.39. The minimum absolute atomic E-state index is 0.0834. The van der Waals surface area contributed by atoms with Crippen molar-refractivity contribution < 1.29 is 0 Å². The first-order valence-electron chi connectivity index (χ1n) is 9.69. The first-order chi connectivity index (χ1) is 12.5. The Hall–Kier alpha value is -1.02. The topological polar surface area (TPSA) is 3.24 Å². The van der Waals surface area contributed by atoms with E-state index < -0.39 is 0 Å². The normalized spacial score (nSPS) is 22.6. The first kappa shape index (κ1) is 19.7. The summed E-state index contributed by atoms with van der Waals surface area (Å²) in [5, 5.41) is 0.216. The molecule has 1 saturated carbocycles. The highest BCUT2D eigenvalue weighted by Crippen LogP contribution is 2.44. The number of halogens is 2. The van der Waals surface area contributed by atoms with Crippen molar-refractivity contribution in [2.45, 2.75) is 62.4 Å². The molecule has 0 bridgehead atoms. The quantitative estimate of drug-likeness (QED) is 0.483. The smallest absolute Gasteiger partial charge is 0.0568 e. The van der Waals surface area contributed by atoms with Crippen molar-refractivity contribution in [1.29, 1.82) is 0 Å². The molecule has 0 N–H and O–H groups in total. The highest BCUT2D eigenvalue weighted by atomic mass is 35.5. The molecule has 3 heteroatoms. The third-order valence-electron chi connectivity index (χ3n) is 5.49. The summed E-state index contributed by atoms with van der Waals surface area (Å²) in [6.07, 6.45) is 3.29. The van der Waals surface area contributed by atoms with Gasteiger partial charge >= 0.3 is 0 Å². The maximum Gasteiger partial charge on any atom is 0.0568 e. The number of aryl methyl sites for hydroxylation is 1. The lowest BCUT2D eigenvalue weighted by molar-refractivity contribution is 0.210. The van der Waals surface area contributed by atoms with Crippen LogP contribution in [0.3, 0.4) is 0 Å². The van der Waals surface area contributed by atoms with Crippen molar-refractivity contribution >= 4 is 23.2 Å². The summed E-state index contributed by atoms with van der Waals surface area (Å²) < 4.78 is 0. The largest absolute Gasteiger partial charge is 0.297 e. The average Bonchev–Trinajstić information content (AvgIpc) is 2.66. The Bertz CT molecular complexity index is 668. The Kier molecular flexibility index (Phi) is 7.03. The Morgan fingerprint density at radius 2 is 1.65 bits per heavy atom. The van der Waals surface area contributed by atoms with Crippen LogP contribution in [0, 0.1) is 0 Å². The molecular weight excluding hydrogens is 361 g/mol. The van der Waals surface area contributed by atoms with Crippen LogP contribution in [-0.2, 0) is 13.0 Å². The van der Waals surface area contributed by atoms with Crippen molar-refractivity contribution in [3.63, 3.8) is 0 Å². The van der Waals surface area contributed by atoms with Crippen LogP contribution in [0.5, 0.6) is 0 Å². The van der Waals surface area contributed by atoms with Gasteiger partial charge in [-0.15, -0.1) is 23.2 Å². The molecule has 0 heterocycles. The van der Waals surface area contributed by atoms with E-state index in [1.165, 1.54) is 23.1 Å². The van der Waals surface area contributed by atoms with E-state index in [4.69, 9.17) is 23.2 Å². The van der Waals surface area contributed by atoms with E-state index in [2.05, 4.69) is 73.3 Å². The molecule has 1 aliphatic rings. The minimum Gasteiger partial charge on any atom is -0.297 e. The van der Waals surface area contributed by atoms with E-state index in [-0.39, 0.29) is 10.8 Å². The summed E-state index contributed by atoms with van der Waals surface area (Å²) in [5.41, 5.74) is 4.13. The molecule has 140 valence electrons. The molecule has 0 spiro atoms. The number of hydrogen-bond acceptors (Lipinski definition) is 1. The van der Waals surface area contributed by atoms with E-state index in [1.807, 2.05) is 0 Å². The predicted molar refractivity (Wildman–Crippen MR) is 113 cm³/mol. The lowest BCUT2D eigenvalue weighted by Crippen LogP contribution is -2.36. The van der Waals surface area contributed by atoms with Crippen LogP contribution in [0.25, 0.3) is 0 Å². The Labute approximate surface area is 168 Å². The van der Waals surface area contributed by atoms with Crippen LogP contribution in [0.15, 0.2) is 54.6 Å². The summed E-state index contributed by atoms with van der Waals surface area (Å²) >= 11 is 12.4. The van der Waals surface area contributed by atoms with Crippen molar-refractivity contribution in [1.82, 2.24) is 4.90 Å². The van der Waals surface area contributed by atoms with Gasteiger partial charge in [0.2, 0.25) is 0 Å². The Morgan fingerprint density at radius 1 is 0.962 bits per heavy atom. The second-order valence-electron chi connectivity index (χ2n) is 7.70. The number of benzene rings is 2. The highest BCUT2D eigenvalue weighted by molar-refractivity contribution is 6.31. The Balaban J connectivity index is 1.48. The van der Waals surface area contributed by atoms with Gasteiger partial charge in [0.15, 0.2) is 0 Å². The lowest BCUT2D eigenvalue weighted by atomic mass is 9.78. The van der Waals surface area contributed by atoms with Crippen LogP contribution in [-0.4, -0.2) is 28.2 Å². The van der Waals surface area contributed by atoms with Crippen LogP contribution in [0.1, 0.15) is 49.3 Å². The fourth-order valence-electron chi connectivity index (χ4n) is 3.63. The van der Waals surface area contributed by atoms with Crippen molar-refractivity contribution in [3.8, 4) is 0 Å². The zero-order valence-corrected chi connectivity index (χ0v) is 17.3. The number of hydrogen-bond donors (Lipinski definition) is 0. The molecule has 3 atom stereocenters. The molecule has 3 unspecified atom stereocenters. The van der Waals surface area contributed by atoms with Crippen LogP contribution < -0.4 is 0 Å². The van der Waals surface area contributed by atoms with E-state index in [0.717, 1.165) is 25.9 Å². The van der Waals surface area contributed by atoms with Gasteiger partial charge in [-0.2, -0.15) is 0 Å². The summed E-state index contributed by atoms with van der Waals surface area (Å²) in [6, 6.07) is 20.3. The predicted octanol–water partition coefficient (Wildman–Crippen LogP) is 6.23. The lowest BCUT2D eigenvalue weighted by Gasteiger charge is -2.37. The average molecular weight is 390 g/mol. The van der Waals surface area contributed by atoms with Gasteiger partial charge in [0, 0.05) is 18.5 Å². The summed E-state index contributed by atoms with van der Waals surface area (Å²) in [5.74, 6) is 0.426. The maximum absolute atomic E-state index is 6.32. The van der Waals surface area contributed by atoms with E-state index in [0.29, 0.717) is 12.0 Å². The SMILES string of the molecule is CC(C)N(CCCc1ccc(C2CC(Cl)C2Cl)cc1)Cc1ccccc1. The molecule has 3 rings (SSSR count). The molecule has 0 radical (unpaired) electrons. The van der Waals surface area contributed by atoms with E-state index in [9.17, 15) is 0 Å². The van der Waals surface area contributed by atoms with Crippen LogP contribution in [0.2, 0.25) is 0 Å². The fraction of sp³-hybridized carbons (Fsp3) is 0.478. The molecule has 1 aliphatic carbocycles. The zero-order valence-electron chi connectivity index (χ0n) is 15.7. The molecule has 1 fully saturated rings. The van der Waals surface area contributed by atoms with Gasteiger partial charge in [-0.25, -0.2) is 0 Å². The standard InChI is InChI=1S/C23H29Cl2N/c1-17(2)26(16-19-7-4-3-5-8-19)14-6-9-18-10-12-20(13-11-18)21-15-22(24)23(21)25/h3-5,7-8,10-13,17,21-23H,6,9,14-16H2,1-2H3. The van der Waals surface area contributed by atoms with Gasteiger partial charge in [0.05, 0.1) is 10.8 Å². The van der Waals surface area contributed by atoms with Crippen molar-refractivity contribution in [3.05, 3.63) is 71.3 Å². The molecule has 1 nitrogen and oxygen atoms in total.